The van der Waals surface area contributed by atoms with Crippen molar-refractivity contribution in [2.24, 2.45) is 0 Å². The van der Waals surface area contributed by atoms with Gasteiger partial charge >= 0.3 is 6.03 Å². The molecule has 0 aliphatic rings. The van der Waals surface area contributed by atoms with E-state index >= 15 is 0 Å². The maximum Gasteiger partial charge on any atom is 0.323 e. The molecule has 226 valence electrons. The molecule has 0 radical (unpaired) electrons. The van der Waals surface area contributed by atoms with Crippen LogP contribution in [0.5, 0.6) is 5.75 Å². The number of benzene rings is 2. The molecular formula is C34H50BrN3O2S. The van der Waals surface area contributed by atoms with E-state index in [9.17, 15) is 4.79 Å². The lowest BCUT2D eigenvalue weighted by Crippen LogP contribution is -3.00. The molecule has 2 amide bonds. The van der Waals surface area contributed by atoms with Crippen LogP contribution >= 0.6 is 11.3 Å². The summed E-state index contributed by atoms with van der Waals surface area (Å²) < 4.78 is 8.39. The van der Waals surface area contributed by atoms with Crippen LogP contribution in [0.2, 0.25) is 0 Å². The van der Waals surface area contributed by atoms with Crippen molar-refractivity contribution in [2.45, 2.75) is 111 Å². The molecule has 2 aromatic carbocycles. The van der Waals surface area contributed by atoms with Gasteiger partial charge in [-0.05, 0) is 49.1 Å². The zero-order chi connectivity index (χ0) is 28.8. The van der Waals surface area contributed by atoms with Crippen molar-refractivity contribution in [3.8, 4) is 5.75 Å². The van der Waals surface area contributed by atoms with E-state index in [1.165, 1.54) is 62.7 Å². The predicted molar refractivity (Wildman–Crippen MR) is 170 cm³/mol. The number of thiazole rings is 1. The Kier molecular flexibility index (Phi) is 15.5. The monoisotopic (exact) mass is 643 g/mol. The fourth-order valence-electron chi connectivity index (χ4n) is 4.87. The highest BCUT2D eigenvalue weighted by molar-refractivity contribution is 7.09. The van der Waals surface area contributed by atoms with Crippen molar-refractivity contribution in [2.75, 3.05) is 17.2 Å². The van der Waals surface area contributed by atoms with Crippen molar-refractivity contribution in [3.05, 3.63) is 70.2 Å². The molecule has 1 aromatic heterocycles. The standard InChI is InChI=1S/C34H49N3O2S.BrH/c1-6-7-8-9-10-11-12-13-14-15-21-39-32-20-19-30(23-31(32)34(3,4)5)36-33(38)35-29-18-16-17-28(22-29)25-37-24-27(2)40-26-37;/h16-20,22-24,26H,6-15,21,25H2,1-5H3,(H-,35,36,38);1H. The number of aryl methyl sites for hydroxylation is 1. The molecule has 0 bridgehead atoms. The number of hydrogen-bond donors (Lipinski definition) is 2. The lowest BCUT2D eigenvalue weighted by atomic mass is 9.86. The minimum atomic E-state index is -0.255. The van der Waals surface area contributed by atoms with Gasteiger partial charge in [0, 0.05) is 22.5 Å². The first-order valence-electron chi connectivity index (χ1n) is 15.1. The Morgan fingerprint density at radius 2 is 1.51 bits per heavy atom. The van der Waals surface area contributed by atoms with Crippen LogP contribution in [0, 0.1) is 6.92 Å². The molecule has 0 aliphatic carbocycles. The number of ether oxygens (including phenoxy) is 1. The fraction of sp³-hybridized carbons (Fsp3) is 0.529. The Balaban J connectivity index is 0.00000588. The first-order valence-corrected chi connectivity index (χ1v) is 16.0. The van der Waals surface area contributed by atoms with Crippen LogP contribution in [0.25, 0.3) is 0 Å². The van der Waals surface area contributed by atoms with Crippen LogP contribution < -0.4 is 36.9 Å². The number of carbonyl (C=O) groups is 1. The summed E-state index contributed by atoms with van der Waals surface area (Å²) in [6.45, 7) is 12.4. The SMILES string of the molecule is CCCCCCCCCCCCOc1ccc(NC(=O)Nc2cccc(C[n+]3csc(C)c3)c2)cc1C(C)(C)C.[Br-]. The molecule has 2 N–H and O–H groups in total. The lowest BCUT2D eigenvalue weighted by Gasteiger charge is -2.24. The highest BCUT2D eigenvalue weighted by atomic mass is 79.9. The lowest BCUT2D eigenvalue weighted by molar-refractivity contribution is -0.683. The van der Waals surface area contributed by atoms with Gasteiger partial charge in [0.2, 0.25) is 5.51 Å². The van der Waals surface area contributed by atoms with Crippen molar-refractivity contribution >= 4 is 28.7 Å². The fourth-order valence-corrected chi connectivity index (χ4v) is 5.50. The number of halogens is 1. The maximum absolute atomic E-state index is 12.8. The van der Waals surface area contributed by atoms with E-state index in [1.54, 1.807) is 11.3 Å². The summed E-state index contributed by atoms with van der Waals surface area (Å²) >= 11 is 1.73. The van der Waals surface area contributed by atoms with Gasteiger partial charge in [-0.1, -0.05) is 109 Å². The minimum Gasteiger partial charge on any atom is -1.00 e. The summed E-state index contributed by atoms with van der Waals surface area (Å²) in [7, 11) is 0. The number of nitrogens with one attached hydrogen (secondary N) is 2. The minimum absolute atomic E-state index is 0. The second-order valence-electron chi connectivity index (χ2n) is 11.9. The van der Waals surface area contributed by atoms with E-state index in [2.05, 4.69) is 67.6 Å². The number of nitrogens with zero attached hydrogens (tertiary/aromatic N) is 1. The largest absolute Gasteiger partial charge is 1.00 e. The first-order chi connectivity index (χ1) is 19.2. The molecule has 0 saturated heterocycles. The molecule has 41 heavy (non-hydrogen) atoms. The zero-order valence-electron chi connectivity index (χ0n) is 25.7. The summed E-state index contributed by atoms with van der Waals surface area (Å²) in [5, 5.41) is 5.99. The van der Waals surface area contributed by atoms with Gasteiger partial charge in [-0.15, -0.1) is 0 Å². The molecule has 0 atom stereocenters. The highest BCUT2D eigenvalue weighted by Crippen LogP contribution is 2.34. The van der Waals surface area contributed by atoms with Gasteiger partial charge in [0.05, 0.1) is 11.5 Å². The number of urea groups is 1. The van der Waals surface area contributed by atoms with E-state index in [1.807, 2.05) is 36.4 Å². The smallest absolute Gasteiger partial charge is 0.323 e. The summed E-state index contributed by atoms with van der Waals surface area (Å²) in [4.78, 5) is 14.1. The Bertz CT molecular complexity index is 1190. The van der Waals surface area contributed by atoms with Crippen molar-refractivity contribution in [1.82, 2.24) is 0 Å². The summed E-state index contributed by atoms with van der Waals surface area (Å²) in [5.41, 5.74) is 5.78. The van der Waals surface area contributed by atoms with Gasteiger partial charge < -0.3 is 32.4 Å². The summed E-state index contributed by atoms with van der Waals surface area (Å²) in [6.07, 6.45) is 15.3. The molecule has 0 fully saturated rings. The topological polar surface area (TPSA) is 54.2 Å². The molecule has 0 unspecified atom stereocenters. The van der Waals surface area contributed by atoms with Crippen LogP contribution in [-0.2, 0) is 12.0 Å². The molecule has 0 saturated carbocycles. The van der Waals surface area contributed by atoms with Gasteiger partial charge in [-0.2, -0.15) is 4.57 Å². The van der Waals surface area contributed by atoms with Gasteiger partial charge in [0.25, 0.3) is 0 Å². The number of carbonyl (C=O) groups excluding carboxylic acids is 1. The van der Waals surface area contributed by atoms with Crippen molar-refractivity contribution in [1.29, 1.82) is 0 Å². The quantitative estimate of drug-likeness (QED) is 0.136. The molecule has 5 nitrogen and oxygen atoms in total. The summed E-state index contributed by atoms with van der Waals surface area (Å²) in [5.74, 6) is 0.906. The Hall–Kier alpha value is -2.38. The molecule has 3 aromatic rings. The Labute approximate surface area is 262 Å². The average Bonchev–Trinajstić information content (AvgIpc) is 3.31. The van der Waals surface area contributed by atoms with E-state index < -0.39 is 0 Å². The van der Waals surface area contributed by atoms with Gasteiger partial charge in [-0.25, -0.2) is 4.79 Å². The number of unbranched alkanes of at least 4 members (excludes halogenated alkanes) is 9. The van der Waals surface area contributed by atoms with Crippen LogP contribution in [0.3, 0.4) is 0 Å². The van der Waals surface area contributed by atoms with Crippen LogP contribution in [0.15, 0.2) is 54.2 Å². The predicted octanol–water partition coefficient (Wildman–Crippen LogP) is 6.64. The third kappa shape index (κ3) is 13.0. The van der Waals surface area contributed by atoms with E-state index in [4.69, 9.17) is 4.74 Å². The number of anilines is 2. The van der Waals surface area contributed by atoms with Gasteiger partial charge in [0.1, 0.15) is 5.75 Å². The second-order valence-corrected chi connectivity index (χ2v) is 13.0. The number of rotatable bonds is 16. The second kappa shape index (κ2) is 18.2. The Morgan fingerprint density at radius 3 is 2.12 bits per heavy atom. The Morgan fingerprint density at radius 1 is 0.878 bits per heavy atom. The van der Waals surface area contributed by atoms with Gasteiger partial charge in [0.15, 0.2) is 12.7 Å². The van der Waals surface area contributed by atoms with Crippen LogP contribution in [-0.4, -0.2) is 12.6 Å². The highest BCUT2D eigenvalue weighted by Gasteiger charge is 2.20. The maximum atomic E-state index is 12.8. The summed E-state index contributed by atoms with van der Waals surface area (Å²) in [6, 6.07) is 13.7. The van der Waals surface area contributed by atoms with E-state index in [-0.39, 0.29) is 28.4 Å². The molecule has 0 spiro atoms. The first kappa shape index (κ1) is 34.8. The third-order valence-corrected chi connectivity index (χ3v) is 7.93. The zero-order valence-corrected chi connectivity index (χ0v) is 28.1. The normalized spacial score (nSPS) is 11.1. The third-order valence-electron chi connectivity index (χ3n) is 7.07. The van der Waals surface area contributed by atoms with Crippen molar-refractivity contribution in [3.63, 3.8) is 0 Å². The van der Waals surface area contributed by atoms with E-state index in [0.717, 1.165) is 47.8 Å². The van der Waals surface area contributed by atoms with Crippen molar-refractivity contribution < 1.29 is 31.1 Å². The molecule has 0 aliphatic heterocycles. The average molecular weight is 645 g/mol. The molecule has 3 rings (SSSR count). The molecular weight excluding hydrogens is 594 g/mol. The number of aromatic nitrogens is 1. The van der Waals surface area contributed by atoms with Crippen LogP contribution in [0.4, 0.5) is 16.2 Å². The van der Waals surface area contributed by atoms with E-state index in [0.29, 0.717) is 0 Å². The molecule has 7 heteroatoms. The molecule has 1 heterocycles. The number of amides is 2. The van der Waals surface area contributed by atoms with Gasteiger partial charge in [-0.3, -0.25) is 0 Å². The van der Waals surface area contributed by atoms with Crippen LogP contribution in [0.1, 0.15) is 108 Å². The number of hydrogen-bond acceptors (Lipinski definition) is 3.